The Labute approximate surface area is 135 Å². The molecule has 1 aromatic carbocycles. The van der Waals surface area contributed by atoms with Crippen LogP contribution in [0.25, 0.3) is 5.53 Å². The van der Waals surface area contributed by atoms with Crippen LogP contribution in [0.1, 0.15) is 26.3 Å². The zero-order valence-electron chi connectivity index (χ0n) is 13.5. The SMILES string of the molecule is CC(C)(C)OC(=O)N[C@H](COC(=O)C=[N+]=[N-])Cc1ccccc1. The number of rotatable bonds is 6. The Morgan fingerprint density at radius 2 is 1.96 bits per heavy atom. The minimum absolute atomic E-state index is 0.0704. The number of amides is 1. The molecule has 0 bridgehead atoms. The van der Waals surface area contributed by atoms with Gasteiger partial charge in [-0.3, -0.25) is 0 Å². The maximum atomic E-state index is 11.9. The fourth-order valence-corrected chi connectivity index (χ4v) is 1.79. The molecule has 0 aromatic heterocycles. The third-order valence-electron chi connectivity index (χ3n) is 2.64. The third-order valence-corrected chi connectivity index (χ3v) is 2.64. The molecule has 23 heavy (non-hydrogen) atoms. The van der Waals surface area contributed by atoms with Crippen molar-refractivity contribution in [2.24, 2.45) is 0 Å². The van der Waals surface area contributed by atoms with Crippen LogP contribution in [-0.2, 0) is 20.7 Å². The highest BCUT2D eigenvalue weighted by Crippen LogP contribution is 2.08. The summed E-state index contributed by atoms with van der Waals surface area (Å²) >= 11 is 0. The number of hydrogen-bond acceptors (Lipinski definition) is 4. The summed E-state index contributed by atoms with van der Waals surface area (Å²) < 4.78 is 10.1. The van der Waals surface area contributed by atoms with E-state index in [2.05, 4.69) is 10.1 Å². The van der Waals surface area contributed by atoms with Gasteiger partial charge in [0.15, 0.2) is 0 Å². The molecule has 0 fully saturated rings. The molecule has 0 heterocycles. The minimum atomic E-state index is -0.795. The van der Waals surface area contributed by atoms with Gasteiger partial charge < -0.3 is 20.3 Å². The van der Waals surface area contributed by atoms with Crippen LogP contribution in [0.5, 0.6) is 0 Å². The summed E-state index contributed by atoms with van der Waals surface area (Å²) in [6, 6.07) is 8.98. The first-order chi connectivity index (χ1) is 10.8. The Morgan fingerprint density at radius 3 is 2.52 bits per heavy atom. The molecule has 124 valence electrons. The normalized spacial score (nSPS) is 11.8. The Kier molecular flexibility index (Phi) is 6.96. The largest absolute Gasteiger partial charge is 0.455 e. The van der Waals surface area contributed by atoms with E-state index in [0.717, 1.165) is 5.56 Å². The molecule has 0 radical (unpaired) electrons. The molecule has 0 aliphatic rings. The van der Waals surface area contributed by atoms with Crippen molar-refractivity contribution in [3.63, 3.8) is 0 Å². The van der Waals surface area contributed by atoms with Crippen molar-refractivity contribution in [1.82, 2.24) is 5.32 Å². The number of nitrogens with one attached hydrogen (secondary N) is 1. The van der Waals surface area contributed by atoms with Crippen LogP contribution in [0.3, 0.4) is 0 Å². The van der Waals surface area contributed by atoms with Crippen LogP contribution in [0.4, 0.5) is 4.79 Å². The van der Waals surface area contributed by atoms with Crippen LogP contribution in [0.15, 0.2) is 30.3 Å². The number of nitrogens with zero attached hydrogens (tertiary/aromatic N) is 2. The third kappa shape index (κ3) is 8.38. The number of alkyl carbamates (subject to hydrolysis) is 1. The van der Waals surface area contributed by atoms with Gasteiger partial charge in [-0.15, -0.1) is 0 Å². The van der Waals surface area contributed by atoms with Gasteiger partial charge in [-0.1, -0.05) is 30.3 Å². The minimum Gasteiger partial charge on any atom is -0.455 e. The second kappa shape index (κ2) is 8.70. The first-order valence-corrected chi connectivity index (χ1v) is 7.18. The van der Waals surface area contributed by atoms with E-state index < -0.39 is 23.7 Å². The molecule has 0 aliphatic heterocycles. The lowest BCUT2D eigenvalue weighted by Gasteiger charge is -2.23. The Bertz CT molecular complexity index is 575. The average Bonchev–Trinajstić information content (AvgIpc) is 2.44. The quantitative estimate of drug-likeness (QED) is 0.375. The lowest BCUT2D eigenvalue weighted by atomic mass is 10.1. The molecule has 1 atom stereocenters. The van der Waals surface area contributed by atoms with Gasteiger partial charge in [-0.25, -0.2) is 9.59 Å². The van der Waals surface area contributed by atoms with Crippen LogP contribution < -0.4 is 5.32 Å². The molecule has 1 N–H and O–H groups in total. The summed E-state index contributed by atoms with van der Waals surface area (Å²) in [4.78, 5) is 25.7. The number of ether oxygens (including phenoxy) is 2. The molecular formula is C16H21N3O4. The van der Waals surface area contributed by atoms with E-state index in [0.29, 0.717) is 12.6 Å². The molecule has 0 unspecified atom stereocenters. The van der Waals surface area contributed by atoms with Crippen molar-refractivity contribution in [3.05, 3.63) is 41.4 Å². The first kappa shape index (κ1) is 18.4. The highest BCUT2D eigenvalue weighted by atomic mass is 16.6. The maximum Gasteiger partial charge on any atom is 0.413 e. The number of esters is 1. The van der Waals surface area contributed by atoms with Gasteiger partial charge in [0.05, 0.1) is 6.04 Å². The van der Waals surface area contributed by atoms with Crippen molar-refractivity contribution >= 4 is 18.3 Å². The molecule has 1 aromatic rings. The van der Waals surface area contributed by atoms with E-state index in [9.17, 15) is 9.59 Å². The van der Waals surface area contributed by atoms with Crippen molar-refractivity contribution in [3.8, 4) is 0 Å². The zero-order chi connectivity index (χ0) is 17.3. The Morgan fingerprint density at radius 1 is 1.30 bits per heavy atom. The summed E-state index contributed by atoms with van der Waals surface area (Å²) in [6.45, 7) is 5.21. The molecule has 1 amide bonds. The van der Waals surface area contributed by atoms with Crippen LogP contribution in [0.2, 0.25) is 0 Å². The van der Waals surface area contributed by atoms with Gasteiger partial charge in [0.2, 0.25) is 0 Å². The predicted octanol–water partition coefficient (Wildman–Crippen LogP) is 1.97. The first-order valence-electron chi connectivity index (χ1n) is 7.18. The van der Waals surface area contributed by atoms with E-state index in [1.54, 1.807) is 20.8 Å². The van der Waals surface area contributed by atoms with E-state index in [4.69, 9.17) is 15.0 Å². The van der Waals surface area contributed by atoms with Gasteiger partial charge in [-0.05, 0) is 32.8 Å². The summed E-state index contributed by atoms with van der Waals surface area (Å²) in [5, 5.41) is 2.67. The Hall–Kier alpha value is -2.66. The fourth-order valence-electron chi connectivity index (χ4n) is 1.79. The standard InChI is InChI=1S/C16H21N3O4/c1-16(2,3)23-15(21)19-13(11-22-14(20)10-18-17)9-12-7-5-4-6-8-12/h4-8,10,13H,9,11H2,1-3H3,(H,19,21)/t13-/m0/s1. The molecule has 0 saturated carbocycles. The topological polar surface area (TPSA) is 101 Å². The van der Waals surface area contributed by atoms with Crippen molar-refractivity contribution in [2.45, 2.75) is 38.8 Å². The smallest absolute Gasteiger partial charge is 0.413 e. The number of carbonyl (C=O) groups excluding carboxylic acids is 2. The van der Waals surface area contributed by atoms with Crippen molar-refractivity contribution in [1.29, 1.82) is 0 Å². The van der Waals surface area contributed by atoms with E-state index in [1.165, 1.54) is 0 Å². The van der Waals surface area contributed by atoms with Crippen LogP contribution in [0, 0.1) is 0 Å². The Balaban J connectivity index is 2.69. The average molecular weight is 319 g/mol. The molecule has 1 rings (SSSR count). The molecule has 7 heteroatoms. The number of benzene rings is 1. The van der Waals surface area contributed by atoms with E-state index in [-0.39, 0.29) is 6.61 Å². The highest BCUT2D eigenvalue weighted by molar-refractivity contribution is 6.20. The predicted molar refractivity (Wildman–Crippen MR) is 83.9 cm³/mol. The lowest BCUT2D eigenvalue weighted by Crippen LogP contribution is -2.43. The molecule has 0 saturated heterocycles. The molecular weight excluding hydrogens is 298 g/mol. The lowest BCUT2D eigenvalue weighted by molar-refractivity contribution is -0.139. The molecule has 0 spiro atoms. The second-order valence-corrected chi connectivity index (χ2v) is 5.91. The summed E-state index contributed by atoms with van der Waals surface area (Å²) in [6.07, 6.45) is 0.516. The fraction of sp³-hybridized carbons (Fsp3) is 0.438. The van der Waals surface area contributed by atoms with E-state index in [1.807, 2.05) is 30.3 Å². The van der Waals surface area contributed by atoms with Gasteiger partial charge in [0.1, 0.15) is 12.2 Å². The van der Waals surface area contributed by atoms with Gasteiger partial charge in [0.25, 0.3) is 0 Å². The number of hydrogen-bond donors (Lipinski definition) is 1. The van der Waals surface area contributed by atoms with Crippen LogP contribution in [-0.4, -0.2) is 41.3 Å². The van der Waals surface area contributed by atoms with Gasteiger partial charge in [-0.2, -0.15) is 4.79 Å². The van der Waals surface area contributed by atoms with Crippen molar-refractivity contribution in [2.75, 3.05) is 6.61 Å². The molecule has 0 aliphatic carbocycles. The van der Waals surface area contributed by atoms with Crippen molar-refractivity contribution < 1.29 is 23.9 Å². The number of carbonyl (C=O) groups is 2. The van der Waals surface area contributed by atoms with Crippen LogP contribution >= 0.6 is 0 Å². The van der Waals surface area contributed by atoms with Gasteiger partial charge >= 0.3 is 18.3 Å². The summed E-state index contributed by atoms with van der Waals surface area (Å²) in [7, 11) is 0. The second-order valence-electron chi connectivity index (χ2n) is 5.91. The van der Waals surface area contributed by atoms with Gasteiger partial charge in [0, 0.05) is 0 Å². The highest BCUT2D eigenvalue weighted by Gasteiger charge is 2.21. The van der Waals surface area contributed by atoms with E-state index >= 15 is 0 Å². The summed E-state index contributed by atoms with van der Waals surface area (Å²) in [5.74, 6) is -0.795. The summed E-state index contributed by atoms with van der Waals surface area (Å²) in [5.41, 5.74) is 8.64. The molecule has 7 nitrogen and oxygen atoms in total. The zero-order valence-corrected chi connectivity index (χ0v) is 13.5. The monoisotopic (exact) mass is 319 g/mol. The maximum absolute atomic E-state index is 11.9.